The Bertz CT molecular complexity index is 1130. The Balaban J connectivity index is 1.79. The van der Waals surface area contributed by atoms with Crippen molar-refractivity contribution < 1.29 is 4.79 Å². The van der Waals surface area contributed by atoms with Crippen molar-refractivity contribution in [1.29, 1.82) is 10.5 Å². The Labute approximate surface area is 180 Å². The number of nitriles is 2. The van der Waals surface area contributed by atoms with Crippen LogP contribution in [-0.2, 0) is 11.3 Å². The summed E-state index contributed by atoms with van der Waals surface area (Å²) in [6, 6.07) is 15.0. The van der Waals surface area contributed by atoms with Gasteiger partial charge in [0.2, 0.25) is 5.91 Å². The number of halogens is 1. The molecule has 1 aromatic carbocycles. The number of hydrogen-bond donors (Lipinski definition) is 2. The lowest BCUT2D eigenvalue weighted by Gasteiger charge is -2.12. The molecule has 0 bridgehead atoms. The highest BCUT2D eigenvalue weighted by Gasteiger charge is 2.21. The number of nitrogens with zero attached hydrogens (tertiary/aromatic N) is 3. The number of anilines is 1. The van der Waals surface area contributed by atoms with Crippen molar-refractivity contribution in [3.63, 3.8) is 0 Å². The minimum absolute atomic E-state index is 0.0360. The van der Waals surface area contributed by atoms with Gasteiger partial charge in [0.05, 0.1) is 11.3 Å². The molecule has 0 atom stereocenters. The summed E-state index contributed by atoms with van der Waals surface area (Å²) >= 11 is 8.59. The van der Waals surface area contributed by atoms with Crippen molar-refractivity contribution in [2.24, 2.45) is 0 Å². The molecule has 0 spiro atoms. The van der Waals surface area contributed by atoms with Crippen LogP contribution in [0.1, 0.15) is 16.7 Å². The number of pyridine rings is 1. The van der Waals surface area contributed by atoms with Gasteiger partial charge in [0, 0.05) is 22.0 Å². The maximum Gasteiger partial charge on any atom is 0.230 e. The number of hydrogen-bond acceptors (Lipinski definition) is 7. The molecule has 144 valence electrons. The molecule has 3 aromatic rings. The second-order valence-corrected chi connectivity index (χ2v) is 8.10. The van der Waals surface area contributed by atoms with Crippen LogP contribution in [0, 0.1) is 22.7 Å². The number of thioether (sulfide) groups is 1. The van der Waals surface area contributed by atoms with E-state index in [1.54, 1.807) is 6.07 Å². The van der Waals surface area contributed by atoms with E-state index in [0.717, 1.165) is 22.2 Å². The van der Waals surface area contributed by atoms with Gasteiger partial charge in [-0.15, -0.1) is 11.3 Å². The molecule has 0 aliphatic carbocycles. The molecule has 0 saturated heterocycles. The summed E-state index contributed by atoms with van der Waals surface area (Å²) in [7, 11) is 0. The molecule has 0 fully saturated rings. The van der Waals surface area contributed by atoms with Gasteiger partial charge < -0.3 is 11.1 Å². The normalized spacial score (nSPS) is 10.2. The van der Waals surface area contributed by atoms with Crippen LogP contribution < -0.4 is 11.1 Å². The minimum Gasteiger partial charge on any atom is -0.383 e. The van der Waals surface area contributed by atoms with E-state index in [1.165, 1.54) is 11.3 Å². The smallest absolute Gasteiger partial charge is 0.230 e. The minimum atomic E-state index is -0.235. The lowest BCUT2D eigenvalue weighted by Crippen LogP contribution is -2.24. The largest absolute Gasteiger partial charge is 0.383 e. The molecular weight excluding hydrogens is 426 g/mol. The zero-order valence-electron chi connectivity index (χ0n) is 15.0. The van der Waals surface area contributed by atoms with Crippen LogP contribution in [0.5, 0.6) is 0 Å². The molecule has 0 aliphatic rings. The molecule has 1 amide bonds. The predicted octanol–water partition coefficient (Wildman–Crippen LogP) is 4.20. The Morgan fingerprint density at radius 1 is 1.21 bits per heavy atom. The summed E-state index contributed by atoms with van der Waals surface area (Å²) in [4.78, 5) is 17.2. The van der Waals surface area contributed by atoms with E-state index < -0.39 is 0 Å². The zero-order chi connectivity index (χ0) is 20.8. The highest BCUT2D eigenvalue weighted by atomic mass is 35.5. The number of nitrogens with one attached hydrogen (secondary N) is 1. The van der Waals surface area contributed by atoms with E-state index >= 15 is 0 Å². The first-order valence-corrected chi connectivity index (χ1v) is 10.6. The average Bonchev–Trinajstić information content (AvgIpc) is 3.25. The van der Waals surface area contributed by atoms with E-state index in [9.17, 15) is 15.3 Å². The summed E-state index contributed by atoms with van der Waals surface area (Å²) in [6.07, 6.45) is 0. The van der Waals surface area contributed by atoms with Gasteiger partial charge in [0.1, 0.15) is 28.5 Å². The maximum atomic E-state index is 12.3. The molecule has 0 saturated carbocycles. The topological polar surface area (TPSA) is 116 Å². The van der Waals surface area contributed by atoms with Crippen LogP contribution in [0.2, 0.25) is 5.02 Å². The Morgan fingerprint density at radius 2 is 1.97 bits per heavy atom. The standard InChI is InChI=1S/C20H14ClN5OS2/c21-15-5-2-1-4-12(15)10-25-17(27)11-29-20-14(9-23)18(16-6-3-7-28-16)13(8-22)19(24)26-20/h1-7H,10-11H2,(H2,24,26)(H,25,27). The van der Waals surface area contributed by atoms with Gasteiger partial charge in [-0.3, -0.25) is 4.79 Å². The Hall–Kier alpha value is -3.04. The zero-order valence-corrected chi connectivity index (χ0v) is 17.4. The number of thiophene rings is 1. The fourth-order valence-corrected chi connectivity index (χ4v) is 4.40. The molecule has 9 heteroatoms. The highest BCUT2D eigenvalue weighted by Crippen LogP contribution is 2.37. The van der Waals surface area contributed by atoms with Crippen LogP contribution in [0.25, 0.3) is 10.4 Å². The quantitative estimate of drug-likeness (QED) is 0.556. The van der Waals surface area contributed by atoms with E-state index in [-0.39, 0.29) is 28.6 Å². The molecule has 29 heavy (non-hydrogen) atoms. The first-order chi connectivity index (χ1) is 14.0. The molecule has 0 aliphatic heterocycles. The van der Waals surface area contributed by atoms with Crippen molar-refractivity contribution in [1.82, 2.24) is 10.3 Å². The first-order valence-electron chi connectivity index (χ1n) is 8.35. The molecular formula is C20H14ClN5OS2. The molecule has 0 radical (unpaired) electrons. The van der Waals surface area contributed by atoms with Gasteiger partial charge in [-0.2, -0.15) is 10.5 Å². The number of rotatable bonds is 6. The summed E-state index contributed by atoms with van der Waals surface area (Å²) in [5.41, 5.74) is 7.62. The third kappa shape index (κ3) is 4.69. The highest BCUT2D eigenvalue weighted by molar-refractivity contribution is 8.00. The van der Waals surface area contributed by atoms with Crippen LogP contribution in [0.4, 0.5) is 5.82 Å². The molecule has 3 N–H and O–H groups in total. The van der Waals surface area contributed by atoms with Gasteiger partial charge in [0.15, 0.2) is 0 Å². The van der Waals surface area contributed by atoms with Crippen molar-refractivity contribution in [2.45, 2.75) is 11.6 Å². The summed E-state index contributed by atoms with van der Waals surface area (Å²) in [5, 5.41) is 24.7. The molecule has 0 unspecified atom stereocenters. The second kappa shape index (κ2) is 9.44. The van der Waals surface area contributed by atoms with Gasteiger partial charge in [-0.05, 0) is 23.1 Å². The third-order valence-corrected chi connectivity index (χ3v) is 6.19. The SMILES string of the molecule is N#Cc1c(N)nc(SCC(=O)NCc2ccccc2Cl)c(C#N)c1-c1cccs1. The Morgan fingerprint density at radius 3 is 2.62 bits per heavy atom. The van der Waals surface area contributed by atoms with Crippen molar-refractivity contribution in [3.8, 4) is 22.6 Å². The number of aromatic nitrogens is 1. The average molecular weight is 440 g/mol. The molecule has 2 aromatic heterocycles. The van der Waals surface area contributed by atoms with Crippen molar-refractivity contribution in [3.05, 3.63) is 63.5 Å². The summed E-state index contributed by atoms with van der Waals surface area (Å²) in [6.45, 7) is 0.299. The number of amides is 1. The van der Waals surface area contributed by atoms with Crippen molar-refractivity contribution in [2.75, 3.05) is 11.5 Å². The second-order valence-electron chi connectivity index (χ2n) is 5.78. The van der Waals surface area contributed by atoms with E-state index in [1.807, 2.05) is 41.8 Å². The lowest BCUT2D eigenvalue weighted by molar-refractivity contribution is -0.118. The van der Waals surface area contributed by atoms with Gasteiger partial charge >= 0.3 is 0 Å². The number of carbonyl (C=O) groups excluding carboxylic acids is 1. The Kier molecular flexibility index (Phi) is 6.73. The molecule has 2 heterocycles. The van der Waals surface area contributed by atoms with Gasteiger partial charge in [-0.1, -0.05) is 47.6 Å². The number of benzene rings is 1. The van der Waals surface area contributed by atoms with Crippen LogP contribution in [0.15, 0.2) is 46.8 Å². The monoisotopic (exact) mass is 439 g/mol. The van der Waals surface area contributed by atoms with Crippen LogP contribution in [-0.4, -0.2) is 16.6 Å². The van der Waals surface area contributed by atoms with Crippen LogP contribution >= 0.6 is 34.7 Å². The summed E-state index contributed by atoms with van der Waals surface area (Å²) in [5.74, 6) is -0.156. The molecule has 6 nitrogen and oxygen atoms in total. The predicted molar refractivity (Wildman–Crippen MR) is 115 cm³/mol. The lowest BCUT2D eigenvalue weighted by atomic mass is 10.0. The fraction of sp³-hybridized carbons (Fsp3) is 0.100. The maximum absolute atomic E-state index is 12.3. The van der Waals surface area contributed by atoms with Crippen LogP contribution in [0.3, 0.4) is 0 Å². The fourth-order valence-electron chi connectivity index (χ4n) is 2.59. The number of carbonyl (C=O) groups is 1. The summed E-state index contributed by atoms with van der Waals surface area (Å²) < 4.78 is 0. The number of nitrogens with two attached hydrogens (primary N) is 1. The molecule has 3 rings (SSSR count). The van der Waals surface area contributed by atoms with Gasteiger partial charge in [-0.25, -0.2) is 4.98 Å². The van der Waals surface area contributed by atoms with Crippen molar-refractivity contribution >= 4 is 46.4 Å². The van der Waals surface area contributed by atoms with E-state index in [0.29, 0.717) is 22.2 Å². The third-order valence-electron chi connectivity index (χ3n) is 3.96. The van der Waals surface area contributed by atoms with E-state index in [2.05, 4.69) is 16.4 Å². The number of nitrogen functional groups attached to an aromatic ring is 1. The van der Waals surface area contributed by atoms with E-state index in [4.69, 9.17) is 17.3 Å². The van der Waals surface area contributed by atoms with Gasteiger partial charge in [0.25, 0.3) is 0 Å². The first kappa shape index (κ1) is 20.7.